The summed E-state index contributed by atoms with van der Waals surface area (Å²) in [4.78, 5) is 0.187. The molecule has 1 atom stereocenters. The molecule has 24 heavy (non-hydrogen) atoms. The van der Waals surface area contributed by atoms with Crippen LogP contribution in [0.25, 0.3) is 0 Å². The van der Waals surface area contributed by atoms with E-state index in [0.717, 1.165) is 0 Å². The smallest absolute Gasteiger partial charge is 0.243 e. The number of nitrogens with two attached hydrogens (primary N) is 1. The lowest BCUT2D eigenvalue weighted by Crippen LogP contribution is -2.39. The van der Waals surface area contributed by atoms with Gasteiger partial charge in [-0.05, 0) is 43.3 Å². The number of sulfonamides is 1. The molecule has 2 aromatic rings. The van der Waals surface area contributed by atoms with Gasteiger partial charge in [-0.25, -0.2) is 8.42 Å². The molecule has 0 radical (unpaired) electrons. The maximum Gasteiger partial charge on any atom is 0.243 e. The Hall–Kier alpha value is -1.31. The van der Waals surface area contributed by atoms with E-state index in [2.05, 4.69) is 0 Å². The van der Waals surface area contributed by atoms with E-state index >= 15 is 0 Å². The topological polar surface area (TPSA) is 72.6 Å². The number of hydrogen-bond acceptors (Lipinski definition) is 4. The predicted octanol–water partition coefficient (Wildman–Crippen LogP) is 3.52. The molecule has 0 aliphatic rings. The molecule has 5 nitrogen and oxygen atoms in total. The average Bonchev–Trinajstić information content (AvgIpc) is 2.56. The van der Waals surface area contributed by atoms with Crippen molar-refractivity contribution in [1.82, 2.24) is 4.31 Å². The Kier molecular flexibility index (Phi) is 7.51. The first-order chi connectivity index (χ1) is 10.9. The second-order valence-corrected chi connectivity index (χ2v) is 7.51. The van der Waals surface area contributed by atoms with E-state index < -0.39 is 10.0 Å². The van der Waals surface area contributed by atoms with Gasteiger partial charge >= 0.3 is 0 Å². The monoisotopic (exact) mass is 390 g/mol. The first-order valence-electron chi connectivity index (χ1n) is 7.07. The van der Waals surface area contributed by atoms with Crippen LogP contribution in [-0.2, 0) is 10.0 Å². The lowest BCUT2D eigenvalue weighted by Gasteiger charge is -2.23. The first-order valence-corrected chi connectivity index (χ1v) is 8.88. The van der Waals surface area contributed by atoms with Crippen LogP contribution in [0.3, 0.4) is 0 Å². The van der Waals surface area contributed by atoms with Crippen LogP contribution >= 0.6 is 24.0 Å². The fraction of sp³-hybridized carbons (Fsp3) is 0.250. The van der Waals surface area contributed by atoms with Crippen molar-refractivity contribution in [3.63, 3.8) is 0 Å². The molecular weight excluding hydrogens is 371 g/mol. The van der Waals surface area contributed by atoms with Gasteiger partial charge in [-0.3, -0.25) is 0 Å². The number of benzene rings is 2. The van der Waals surface area contributed by atoms with Gasteiger partial charge in [0.05, 0.1) is 9.92 Å². The minimum atomic E-state index is -3.58. The molecule has 1 unspecified atom stereocenters. The van der Waals surface area contributed by atoms with Crippen LogP contribution in [0.15, 0.2) is 53.4 Å². The van der Waals surface area contributed by atoms with Crippen molar-refractivity contribution in [2.24, 2.45) is 5.73 Å². The molecule has 132 valence electrons. The Labute approximate surface area is 153 Å². The van der Waals surface area contributed by atoms with Gasteiger partial charge in [-0.2, -0.15) is 4.31 Å². The summed E-state index contributed by atoms with van der Waals surface area (Å²) < 4.78 is 31.8. The van der Waals surface area contributed by atoms with Crippen LogP contribution < -0.4 is 10.5 Å². The zero-order valence-electron chi connectivity index (χ0n) is 13.3. The average molecular weight is 391 g/mol. The summed E-state index contributed by atoms with van der Waals surface area (Å²) in [6.45, 7) is 2.01. The number of para-hydroxylation sites is 1. The second-order valence-electron chi connectivity index (χ2n) is 5.11. The predicted molar refractivity (Wildman–Crippen MR) is 98.7 cm³/mol. The molecule has 0 saturated heterocycles. The third-order valence-corrected chi connectivity index (χ3v) is 5.83. The normalized spacial score (nSPS) is 12.5. The van der Waals surface area contributed by atoms with Crippen LogP contribution in [0.5, 0.6) is 11.5 Å². The van der Waals surface area contributed by atoms with E-state index in [-0.39, 0.29) is 29.9 Å². The summed E-state index contributed by atoms with van der Waals surface area (Å²) in [5.74, 6) is 1.02. The second kappa shape index (κ2) is 8.69. The third kappa shape index (κ3) is 4.62. The lowest BCUT2D eigenvalue weighted by atomic mass is 10.3. The van der Waals surface area contributed by atoms with Crippen LogP contribution in [0.4, 0.5) is 0 Å². The molecular formula is C16H20Cl2N2O3S. The first kappa shape index (κ1) is 20.7. The molecule has 0 spiro atoms. The number of rotatable bonds is 6. The number of halogens is 2. The van der Waals surface area contributed by atoms with Crippen LogP contribution in [0, 0.1) is 0 Å². The summed E-state index contributed by atoms with van der Waals surface area (Å²) in [5.41, 5.74) is 5.53. The van der Waals surface area contributed by atoms with Crippen molar-refractivity contribution >= 4 is 34.0 Å². The molecule has 0 amide bonds. The van der Waals surface area contributed by atoms with Gasteiger partial charge in [0, 0.05) is 19.6 Å². The van der Waals surface area contributed by atoms with Gasteiger partial charge in [-0.1, -0.05) is 23.7 Å². The van der Waals surface area contributed by atoms with Gasteiger partial charge in [0.15, 0.2) is 0 Å². The van der Waals surface area contributed by atoms with Crippen molar-refractivity contribution in [3.05, 3.63) is 53.6 Å². The molecule has 0 saturated carbocycles. The Bertz CT molecular complexity index is 767. The molecule has 0 bridgehead atoms. The van der Waals surface area contributed by atoms with E-state index in [1.807, 2.05) is 6.07 Å². The van der Waals surface area contributed by atoms with Gasteiger partial charge in [0.2, 0.25) is 10.0 Å². The highest BCUT2D eigenvalue weighted by Gasteiger charge is 2.24. The molecule has 2 aromatic carbocycles. The minimum Gasteiger partial charge on any atom is -0.456 e. The van der Waals surface area contributed by atoms with Gasteiger partial charge < -0.3 is 10.5 Å². The van der Waals surface area contributed by atoms with Gasteiger partial charge in [-0.15, -0.1) is 12.4 Å². The maximum absolute atomic E-state index is 12.5. The van der Waals surface area contributed by atoms with E-state index in [9.17, 15) is 8.42 Å². The molecule has 2 rings (SSSR count). The van der Waals surface area contributed by atoms with Crippen LogP contribution in [-0.4, -0.2) is 32.4 Å². The largest absolute Gasteiger partial charge is 0.456 e. The highest BCUT2D eigenvalue weighted by Crippen LogP contribution is 2.29. The Morgan fingerprint density at radius 3 is 2.29 bits per heavy atom. The van der Waals surface area contributed by atoms with E-state index in [0.29, 0.717) is 16.5 Å². The maximum atomic E-state index is 12.5. The fourth-order valence-electron chi connectivity index (χ4n) is 1.89. The zero-order chi connectivity index (χ0) is 17.0. The standard InChI is InChI=1S/C16H19ClN2O3S.ClH/c1-12(11-18)19(2)23(20,21)14-9-7-13(8-10-14)22-16-6-4-3-5-15(16)17;/h3-10,12H,11,18H2,1-2H3;1H. The summed E-state index contributed by atoms with van der Waals surface area (Å²) in [6, 6.07) is 13.0. The summed E-state index contributed by atoms with van der Waals surface area (Å²) in [6.07, 6.45) is 0. The highest BCUT2D eigenvalue weighted by molar-refractivity contribution is 7.89. The van der Waals surface area contributed by atoms with Gasteiger partial charge in [0.1, 0.15) is 11.5 Å². The van der Waals surface area contributed by atoms with Crippen LogP contribution in [0.1, 0.15) is 6.92 Å². The summed E-state index contributed by atoms with van der Waals surface area (Å²) >= 11 is 6.03. The van der Waals surface area contributed by atoms with Crippen molar-refractivity contribution in [2.75, 3.05) is 13.6 Å². The lowest BCUT2D eigenvalue weighted by molar-refractivity contribution is 0.394. The minimum absolute atomic E-state index is 0. The van der Waals surface area contributed by atoms with Gasteiger partial charge in [0.25, 0.3) is 0 Å². The Morgan fingerprint density at radius 1 is 1.17 bits per heavy atom. The van der Waals surface area contributed by atoms with E-state index in [1.54, 1.807) is 37.3 Å². The molecule has 0 aliphatic heterocycles. The van der Waals surface area contributed by atoms with Crippen LogP contribution in [0.2, 0.25) is 5.02 Å². The Balaban J connectivity index is 0.00000288. The zero-order valence-corrected chi connectivity index (χ0v) is 15.7. The Morgan fingerprint density at radius 2 is 1.75 bits per heavy atom. The number of nitrogens with zero attached hydrogens (tertiary/aromatic N) is 1. The van der Waals surface area contributed by atoms with Crippen molar-refractivity contribution in [1.29, 1.82) is 0 Å². The molecule has 0 heterocycles. The number of likely N-dealkylation sites (N-methyl/N-ethyl adjacent to an activating group) is 1. The molecule has 0 aliphatic carbocycles. The van der Waals surface area contributed by atoms with Crippen molar-refractivity contribution < 1.29 is 13.2 Å². The number of ether oxygens (including phenoxy) is 1. The summed E-state index contributed by atoms with van der Waals surface area (Å²) in [5, 5.41) is 0.487. The fourth-order valence-corrected chi connectivity index (χ4v) is 3.43. The molecule has 0 aromatic heterocycles. The summed E-state index contributed by atoms with van der Waals surface area (Å²) in [7, 11) is -2.06. The van der Waals surface area contributed by atoms with E-state index in [1.165, 1.54) is 23.5 Å². The quantitative estimate of drug-likeness (QED) is 0.818. The van der Waals surface area contributed by atoms with Crippen molar-refractivity contribution in [2.45, 2.75) is 17.9 Å². The number of hydrogen-bond donors (Lipinski definition) is 1. The van der Waals surface area contributed by atoms with E-state index in [4.69, 9.17) is 22.1 Å². The molecule has 2 N–H and O–H groups in total. The highest BCUT2D eigenvalue weighted by atomic mass is 35.5. The van der Waals surface area contributed by atoms with Crippen molar-refractivity contribution in [3.8, 4) is 11.5 Å². The molecule has 0 fully saturated rings. The SMILES string of the molecule is CC(CN)N(C)S(=O)(=O)c1ccc(Oc2ccccc2Cl)cc1.Cl. The third-order valence-electron chi connectivity index (χ3n) is 3.53. The molecule has 8 heteroatoms.